The van der Waals surface area contributed by atoms with E-state index < -0.39 is 10.0 Å². The zero-order valence-corrected chi connectivity index (χ0v) is 19.8. The van der Waals surface area contributed by atoms with Crippen molar-refractivity contribution in [2.45, 2.75) is 0 Å². The zero-order valence-electron chi connectivity index (χ0n) is 19.0. The Hall–Kier alpha value is -3.70. The number of H-pyrrole nitrogens is 1. The Labute approximate surface area is 198 Å². The molecule has 34 heavy (non-hydrogen) atoms. The molecule has 1 fully saturated rings. The van der Waals surface area contributed by atoms with Crippen LogP contribution in [-0.4, -0.2) is 73.0 Å². The third-order valence-corrected chi connectivity index (χ3v) is 6.33. The lowest BCUT2D eigenvalue weighted by atomic mass is 10.2. The number of aromatic nitrogens is 4. The molecular weight excluding hydrogens is 452 g/mol. The number of likely N-dealkylation sites (N-methyl/N-ethyl adjacent to an activating group) is 1. The first-order valence-corrected chi connectivity index (χ1v) is 12.8. The fourth-order valence-electron chi connectivity index (χ4n) is 3.95. The predicted molar refractivity (Wildman–Crippen MR) is 135 cm³/mol. The summed E-state index contributed by atoms with van der Waals surface area (Å²) in [4.78, 5) is 14.0. The van der Waals surface area contributed by atoms with Gasteiger partial charge in [0.25, 0.3) is 0 Å². The van der Waals surface area contributed by atoms with Gasteiger partial charge in [0.15, 0.2) is 11.6 Å². The lowest BCUT2D eigenvalue weighted by Crippen LogP contribution is -2.44. The first-order valence-electron chi connectivity index (χ1n) is 10.9. The molecule has 0 spiro atoms. The molecule has 4 aromatic rings. The minimum absolute atomic E-state index is 0.449. The van der Waals surface area contributed by atoms with Gasteiger partial charge in [0.05, 0.1) is 12.5 Å². The van der Waals surface area contributed by atoms with Crippen molar-refractivity contribution >= 4 is 43.9 Å². The second-order valence-electron chi connectivity index (χ2n) is 8.44. The number of fused-ring (bicyclic) bond motifs is 1. The third-order valence-electron chi connectivity index (χ3n) is 5.72. The minimum atomic E-state index is -3.39. The number of benzene rings is 2. The van der Waals surface area contributed by atoms with Gasteiger partial charge in [-0.15, -0.1) is 0 Å². The van der Waals surface area contributed by atoms with Crippen LogP contribution in [0.4, 0.5) is 22.9 Å². The molecule has 10 nitrogen and oxygen atoms in total. The number of aromatic amines is 1. The summed E-state index contributed by atoms with van der Waals surface area (Å²) in [5.74, 6) is 1.05. The van der Waals surface area contributed by atoms with Crippen molar-refractivity contribution in [3.8, 4) is 11.4 Å². The Bertz CT molecular complexity index is 1410. The van der Waals surface area contributed by atoms with Crippen LogP contribution in [0.5, 0.6) is 0 Å². The molecule has 1 aliphatic rings. The topological polar surface area (TPSA) is 119 Å². The summed E-state index contributed by atoms with van der Waals surface area (Å²) in [5, 5.41) is 10.4. The highest BCUT2D eigenvalue weighted by molar-refractivity contribution is 7.92. The van der Waals surface area contributed by atoms with E-state index in [1.54, 1.807) is 24.4 Å². The number of nitrogens with one attached hydrogen (secondary N) is 3. The molecule has 1 aliphatic heterocycles. The third kappa shape index (κ3) is 4.95. The van der Waals surface area contributed by atoms with Crippen LogP contribution in [0.25, 0.3) is 22.4 Å². The van der Waals surface area contributed by atoms with Gasteiger partial charge in [-0.3, -0.25) is 9.82 Å². The van der Waals surface area contributed by atoms with E-state index in [-0.39, 0.29) is 0 Å². The molecule has 0 aliphatic carbocycles. The standard InChI is InChI=1S/C23H26N8O2S/c1-30-10-12-31(13-11-30)19-8-6-17(7-9-19)25-23-21-20(15-24-28-21)26-22(27-23)16-4-3-5-18(14-16)29-34(2,32)33/h3-9,14-15,29H,10-13H2,1-2H3,(H,24,28)(H,25,26,27). The Balaban J connectivity index is 1.42. The van der Waals surface area contributed by atoms with E-state index in [2.05, 4.69) is 54.2 Å². The number of rotatable bonds is 6. The maximum absolute atomic E-state index is 11.6. The number of hydrogen-bond acceptors (Lipinski definition) is 8. The van der Waals surface area contributed by atoms with Gasteiger partial charge in [-0.2, -0.15) is 5.10 Å². The van der Waals surface area contributed by atoms with Crippen LogP contribution in [0.15, 0.2) is 54.7 Å². The summed E-state index contributed by atoms with van der Waals surface area (Å²) in [5.41, 5.74) is 4.57. The highest BCUT2D eigenvalue weighted by atomic mass is 32.2. The van der Waals surface area contributed by atoms with Gasteiger partial charge >= 0.3 is 0 Å². The molecule has 0 saturated carbocycles. The van der Waals surface area contributed by atoms with Gasteiger partial charge in [0, 0.05) is 48.8 Å². The molecule has 3 heterocycles. The Morgan fingerprint density at radius 3 is 2.47 bits per heavy atom. The van der Waals surface area contributed by atoms with Gasteiger partial charge in [-0.1, -0.05) is 12.1 Å². The Kier molecular flexibility index (Phi) is 5.80. The number of hydrogen-bond donors (Lipinski definition) is 3. The summed E-state index contributed by atoms with van der Waals surface area (Å²) in [7, 11) is -1.24. The van der Waals surface area contributed by atoms with Crippen molar-refractivity contribution in [2.75, 3.05) is 54.4 Å². The summed E-state index contributed by atoms with van der Waals surface area (Å²) in [6.45, 7) is 4.14. The van der Waals surface area contributed by atoms with E-state index in [1.807, 2.05) is 18.2 Å². The molecule has 5 rings (SSSR count). The summed E-state index contributed by atoms with van der Waals surface area (Å²) < 4.78 is 25.7. The van der Waals surface area contributed by atoms with Gasteiger partial charge in [0.1, 0.15) is 11.0 Å². The van der Waals surface area contributed by atoms with Gasteiger partial charge in [-0.05, 0) is 43.4 Å². The highest BCUT2D eigenvalue weighted by Crippen LogP contribution is 2.28. The molecule has 11 heteroatoms. The monoisotopic (exact) mass is 478 g/mol. The lowest BCUT2D eigenvalue weighted by Gasteiger charge is -2.34. The average Bonchev–Trinajstić information content (AvgIpc) is 3.28. The second-order valence-corrected chi connectivity index (χ2v) is 10.2. The quantitative estimate of drug-likeness (QED) is 0.387. The van der Waals surface area contributed by atoms with Gasteiger partial charge in [0.2, 0.25) is 10.0 Å². The van der Waals surface area contributed by atoms with E-state index in [4.69, 9.17) is 4.98 Å². The smallest absolute Gasteiger partial charge is 0.229 e. The molecule has 0 unspecified atom stereocenters. The average molecular weight is 479 g/mol. The molecule has 2 aromatic heterocycles. The minimum Gasteiger partial charge on any atom is -0.369 e. The molecule has 0 amide bonds. The molecule has 0 atom stereocenters. The first-order chi connectivity index (χ1) is 16.3. The molecule has 1 saturated heterocycles. The van der Waals surface area contributed by atoms with E-state index >= 15 is 0 Å². The highest BCUT2D eigenvalue weighted by Gasteiger charge is 2.15. The summed E-state index contributed by atoms with van der Waals surface area (Å²) >= 11 is 0. The number of anilines is 4. The zero-order chi connectivity index (χ0) is 23.7. The van der Waals surface area contributed by atoms with Crippen LogP contribution in [-0.2, 0) is 10.0 Å². The maximum atomic E-state index is 11.6. The lowest BCUT2D eigenvalue weighted by molar-refractivity contribution is 0.313. The van der Waals surface area contributed by atoms with Crippen LogP contribution in [0, 0.1) is 0 Å². The molecule has 2 aromatic carbocycles. The van der Waals surface area contributed by atoms with Gasteiger partial charge in [-0.25, -0.2) is 18.4 Å². The van der Waals surface area contributed by atoms with Crippen molar-refractivity contribution in [1.82, 2.24) is 25.1 Å². The molecule has 0 bridgehead atoms. The van der Waals surface area contributed by atoms with E-state index in [1.165, 1.54) is 5.69 Å². The van der Waals surface area contributed by atoms with Crippen LogP contribution in [0.1, 0.15) is 0 Å². The van der Waals surface area contributed by atoms with Crippen molar-refractivity contribution in [3.63, 3.8) is 0 Å². The number of piperazine rings is 1. The first kappa shape index (κ1) is 22.1. The number of sulfonamides is 1. The Morgan fingerprint density at radius 1 is 0.971 bits per heavy atom. The van der Waals surface area contributed by atoms with Crippen LogP contribution in [0.3, 0.4) is 0 Å². The predicted octanol–water partition coefficient (Wildman–Crippen LogP) is 2.89. The van der Waals surface area contributed by atoms with E-state index in [9.17, 15) is 8.42 Å². The van der Waals surface area contributed by atoms with Crippen molar-refractivity contribution < 1.29 is 8.42 Å². The van der Waals surface area contributed by atoms with E-state index in [0.29, 0.717) is 33.9 Å². The molecule has 0 radical (unpaired) electrons. The van der Waals surface area contributed by atoms with Crippen LogP contribution < -0.4 is 14.9 Å². The van der Waals surface area contributed by atoms with E-state index in [0.717, 1.165) is 38.1 Å². The van der Waals surface area contributed by atoms with Gasteiger partial charge < -0.3 is 15.1 Å². The molecule has 3 N–H and O–H groups in total. The van der Waals surface area contributed by atoms with Crippen molar-refractivity contribution in [2.24, 2.45) is 0 Å². The fourth-order valence-corrected chi connectivity index (χ4v) is 4.51. The van der Waals surface area contributed by atoms with Crippen LogP contribution >= 0.6 is 0 Å². The maximum Gasteiger partial charge on any atom is 0.229 e. The largest absolute Gasteiger partial charge is 0.369 e. The van der Waals surface area contributed by atoms with Crippen LogP contribution in [0.2, 0.25) is 0 Å². The molecule has 176 valence electrons. The summed E-state index contributed by atoms with van der Waals surface area (Å²) in [6.07, 6.45) is 2.76. The van der Waals surface area contributed by atoms with Crippen molar-refractivity contribution in [1.29, 1.82) is 0 Å². The fraction of sp³-hybridized carbons (Fsp3) is 0.261. The normalized spacial score (nSPS) is 14.9. The molecular formula is C23H26N8O2S. The SMILES string of the molecule is CN1CCN(c2ccc(Nc3nc(-c4cccc(NS(C)(=O)=O)c4)nc4cn[nH]c34)cc2)CC1. The number of nitrogens with zero attached hydrogens (tertiary/aromatic N) is 5. The Morgan fingerprint density at radius 2 is 1.74 bits per heavy atom. The second kappa shape index (κ2) is 8.92. The summed E-state index contributed by atoms with van der Waals surface area (Å²) in [6, 6.07) is 15.3. The van der Waals surface area contributed by atoms with Crippen molar-refractivity contribution in [3.05, 3.63) is 54.7 Å².